The number of carbonyl (C=O) groups excluding carboxylic acids is 1. The smallest absolute Gasteiger partial charge is 0.336 e. The summed E-state index contributed by atoms with van der Waals surface area (Å²) >= 11 is 0. The molecule has 0 spiro atoms. The minimum atomic E-state index is -1.09. The van der Waals surface area contributed by atoms with Crippen molar-refractivity contribution in [3.63, 3.8) is 0 Å². The van der Waals surface area contributed by atoms with Crippen LogP contribution < -0.4 is 0 Å². The van der Waals surface area contributed by atoms with Crippen molar-refractivity contribution in [2.75, 3.05) is 20.3 Å². The van der Waals surface area contributed by atoms with Gasteiger partial charge in [0.05, 0.1) is 17.7 Å². The third-order valence-electron chi connectivity index (χ3n) is 3.31. The third kappa shape index (κ3) is 3.81. The second kappa shape index (κ2) is 7.65. The molecule has 1 aromatic rings. The number of ether oxygens (including phenoxy) is 1. The predicted molar refractivity (Wildman–Crippen MR) is 76.1 cm³/mol. The van der Waals surface area contributed by atoms with Gasteiger partial charge in [0.1, 0.15) is 0 Å². The summed E-state index contributed by atoms with van der Waals surface area (Å²) in [6.45, 7) is 4.79. The van der Waals surface area contributed by atoms with E-state index in [1.165, 1.54) is 6.07 Å². The molecule has 110 valence electrons. The molecule has 1 rings (SSSR count). The molecule has 0 saturated heterocycles. The Morgan fingerprint density at radius 3 is 2.40 bits per heavy atom. The van der Waals surface area contributed by atoms with Crippen molar-refractivity contribution in [1.82, 2.24) is 4.90 Å². The molecule has 0 aliphatic rings. The first-order valence-electron chi connectivity index (χ1n) is 6.65. The fourth-order valence-corrected chi connectivity index (χ4v) is 1.94. The lowest BCUT2D eigenvalue weighted by Crippen LogP contribution is -2.41. The molecule has 0 bridgehead atoms. The molecule has 1 unspecified atom stereocenters. The molecular weight excluding hydrogens is 258 g/mol. The van der Waals surface area contributed by atoms with Crippen molar-refractivity contribution < 1.29 is 19.4 Å². The number of hydrogen-bond donors (Lipinski definition) is 1. The van der Waals surface area contributed by atoms with Crippen LogP contribution in [-0.2, 0) is 4.74 Å². The number of nitrogens with zero attached hydrogens (tertiary/aromatic N) is 1. The van der Waals surface area contributed by atoms with Gasteiger partial charge in [-0.2, -0.15) is 0 Å². The van der Waals surface area contributed by atoms with Crippen LogP contribution in [0.25, 0.3) is 0 Å². The number of aromatic carboxylic acids is 1. The normalized spacial score (nSPS) is 11.9. The van der Waals surface area contributed by atoms with E-state index in [0.717, 1.165) is 6.42 Å². The summed E-state index contributed by atoms with van der Waals surface area (Å²) in [6.07, 6.45) is 0.796. The Bertz CT molecular complexity index is 473. The molecule has 0 fully saturated rings. The highest BCUT2D eigenvalue weighted by Gasteiger charge is 2.24. The van der Waals surface area contributed by atoms with Crippen molar-refractivity contribution in [1.29, 1.82) is 0 Å². The Morgan fingerprint density at radius 1 is 1.30 bits per heavy atom. The van der Waals surface area contributed by atoms with Crippen molar-refractivity contribution in [3.8, 4) is 0 Å². The predicted octanol–water partition coefficient (Wildman–Crippen LogP) is 2.27. The van der Waals surface area contributed by atoms with Gasteiger partial charge < -0.3 is 14.7 Å². The van der Waals surface area contributed by atoms with Crippen molar-refractivity contribution in [3.05, 3.63) is 35.4 Å². The van der Waals surface area contributed by atoms with E-state index in [1.54, 1.807) is 30.2 Å². The third-order valence-corrected chi connectivity index (χ3v) is 3.31. The van der Waals surface area contributed by atoms with Crippen LogP contribution in [0.5, 0.6) is 0 Å². The second-order valence-corrected chi connectivity index (χ2v) is 4.60. The second-order valence-electron chi connectivity index (χ2n) is 4.60. The van der Waals surface area contributed by atoms with Crippen LogP contribution >= 0.6 is 0 Å². The van der Waals surface area contributed by atoms with Gasteiger partial charge in [-0.15, -0.1) is 0 Å². The molecule has 1 amide bonds. The SMILES string of the molecule is CCC(C)N(CCOC)C(=O)c1ccccc1C(=O)O. The Labute approximate surface area is 119 Å². The lowest BCUT2D eigenvalue weighted by atomic mass is 10.1. The molecule has 5 nitrogen and oxygen atoms in total. The number of carboxylic acids is 1. The van der Waals surface area contributed by atoms with Gasteiger partial charge in [0.25, 0.3) is 5.91 Å². The molecule has 0 aliphatic heterocycles. The fourth-order valence-electron chi connectivity index (χ4n) is 1.94. The summed E-state index contributed by atoms with van der Waals surface area (Å²) in [5.41, 5.74) is 0.250. The fraction of sp³-hybridized carbons (Fsp3) is 0.467. The molecule has 0 aromatic heterocycles. The monoisotopic (exact) mass is 279 g/mol. The van der Waals surface area contributed by atoms with E-state index in [2.05, 4.69) is 0 Å². The molecule has 1 aromatic carbocycles. The Kier molecular flexibility index (Phi) is 6.18. The molecule has 5 heteroatoms. The lowest BCUT2D eigenvalue weighted by molar-refractivity contribution is 0.0597. The number of rotatable bonds is 7. The van der Waals surface area contributed by atoms with Crippen LogP contribution in [0.3, 0.4) is 0 Å². The number of carboxylic acid groups (broad SMARTS) is 1. The van der Waals surface area contributed by atoms with Crippen LogP contribution in [0.15, 0.2) is 24.3 Å². The summed E-state index contributed by atoms with van der Waals surface area (Å²) in [5, 5.41) is 9.17. The summed E-state index contributed by atoms with van der Waals surface area (Å²) < 4.78 is 5.02. The van der Waals surface area contributed by atoms with Gasteiger partial charge in [0, 0.05) is 19.7 Å². The van der Waals surface area contributed by atoms with Crippen molar-refractivity contribution in [2.24, 2.45) is 0 Å². The average Bonchev–Trinajstić information content (AvgIpc) is 2.46. The zero-order chi connectivity index (χ0) is 15.1. The maximum atomic E-state index is 12.6. The van der Waals surface area contributed by atoms with Crippen molar-refractivity contribution >= 4 is 11.9 Å². The maximum Gasteiger partial charge on any atom is 0.336 e. The van der Waals surface area contributed by atoms with Gasteiger partial charge >= 0.3 is 5.97 Å². The van der Waals surface area contributed by atoms with Crippen LogP contribution in [-0.4, -0.2) is 48.2 Å². The van der Waals surface area contributed by atoms with Crippen molar-refractivity contribution in [2.45, 2.75) is 26.3 Å². The highest BCUT2D eigenvalue weighted by Crippen LogP contribution is 2.15. The number of amides is 1. The van der Waals surface area contributed by atoms with Gasteiger partial charge in [-0.05, 0) is 25.5 Å². The first-order chi connectivity index (χ1) is 9.52. The van der Waals surface area contributed by atoms with E-state index in [-0.39, 0.29) is 23.1 Å². The number of methoxy groups -OCH3 is 1. The van der Waals surface area contributed by atoms with E-state index in [0.29, 0.717) is 13.2 Å². The number of benzene rings is 1. The highest BCUT2D eigenvalue weighted by molar-refractivity contribution is 6.04. The zero-order valence-electron chi connectivity index (χ0n) is 12.1. The van der Waals surface area contributed by atoms with E-state index >= 15 is 0 Å². The van der Waals surface area contributed by atoms with Gasteiger partial charge in [-0.1, -0.05) is 19.1 Å². The topological polar surface area (TPSA) is 66.8 Å². The zero-order valence-corrected chi connectivity index (χ0v) is 12.1. The number of hydrogen-bond acceptors (Lipinski definition) is 3. The van der Waals surface area contributed by atoms with Crippen LogP contribution in [0.1, 0.15) is 41.0 Å². The number of carbonyl (C=O) groups is 2. The molecule has 0 heterocycles. The van der Waals surface area contributed by atoms with Gasteiger partial charge in [-0.3, -0.25) is 4.79 Å². The van der Waals surface area contributed by atoms with Crippen LogP contribution in [0.2, 0.25) is 0 Å². The van der Waals surface area contributed by atoms with Gasteiger partial charge in [0.2, 0.25) is 0 Å². The minimum absolute atomic E-state index is 0.0273. The van der Waals surface area contributed by atoms with Gasteiger partial charge in [-0.25, -0.2) is 4.79 Å². The Hall–Kier alpha value is -1.88. The van der Waals surface area contributed by atoms with E-state index in [9.17, 15) is 14.7 Å². The summed E-state index contributed by atoms with van der Waals surface area (Å²) in [5.74, 6) is -1.36. The molecule has 20 heavy (non-hydrogen) atoms. The Balaban J connectivity index is 3.08. The van der Waals surface area contributed by atoms with Crippen LogP contribution in [0.4, 0.5) is 0 Å². The maximum absolute atomic E-state index is 12.6. The standard InChI is InChI=1S/C15H21NO4/c1-4-11(2)16(9-10-20-3)14(17)12-7-5-6-8-13(12)15(18)19/h5-8,11H,4,9-10H2,1-3H3,(H,18,19). The first-order valence-corrected chi connectivity index (χ1v) is 6.65. The molecule has 1 N–H and O–H groups in total. The quantitative estimate of drug-likeness (QED) is 0.831. The Morgan fingerprint density at radius 2 is 1.90 bits per heavy atom. The lowest BCUT2D eigenvalue weighted by Gasteiger charge is -2.29. The largest absolute Gasteiger partial charge is 0.478 e. The van der Waals surface area contributed by atoms with Crippen LogP contribution in [0, 0.1) is 0 Å². The van der Waals surface area contributed by atoms with Gasteiger partial charge in [0.15, 0.2) is 0 Å². The molecule has 0 saturated carbocycles. The summed E-state index contributed by atoms with van der Waals surface area (Å²) in [6, 6.07) is 6.31. The van der Waals surface area contributed by atoms with E-state index < -0.39 is 5.97 Å². The molecular formula is C15H21NO4. The van der Waals surface area contributed by atoms with E-state index in [1.807, 2.05) is 13.8 Å². The molecule has 1 atom stereocenters. The average molecular weight is 279 g/mol. The highest BCUT2D eigenvalue weighted by atomic mass is 16.5. The summed E-state index contributed by atoms with van der Waals surface area (Å²) in [7, 11) is 1.57. The van der Waals surface area contributed by atoms with E-state index in [4.69, 9.17) is 4.74 Å². The summed E-state index contributed by atoms with van der Waals surface area (Å²) in [4.78, 5) is 25.4. The molecule has 0 radical (unpaired) electrons. The molecule has 0 aliphatic carbocycles. The first kappa shape index (κ1) is 16.2. The minimum Gasteiger partial charge on any atom is -0.478 e.